The number of benzene rings is 1. The van der Waals surface area contributed by atoms with Gasteiger partial charge in [-0.05, 0) is 12.5 Å². The Bertz CT molecular complexity index is 639. The third-order valence-electron chi connectivity index (χ3n) is 3.36. The molecule has 0 saturated carbocycles. The summed E-state index contributed by atoms with van der Waals surface area (Å²) in [6.45, 7) is 3.40. The minimum absolute atomic E-state index is 0.0882. The summed E-state index contributed by atoms with van der Waals surface area (Å²) in [6.07, 6.45) is 2.19. The number of aromatic nitrogens is 3. The Kier molecular flexibility index (Phi) is 6.28. The van der Waals surface area contributed by atoms with Crippen LogP contribution in [0.25, 0.3) is 0 Å². The van der Waals surface area contributed by atoms with E-state index in [1.54, 1.807) is 6.33 Å². The molecule has 0 saturated heterocycles. The zero-order valence-corrected chi connectivity index (χ0v) is 13.2. The predicted molar refractivity (Wildman–Crippen MR) is 85.3 cm³/mol. The average Bonchev–Trinajstić information content (AvgIpc) is 3.01. The van der Waals surface area contributed by atoms with Crippen LogP contribution in [-0.4, -0.2) is 33.1 Å². The summed E-state index contributed by atoms with van der Waals surface area (Å²) < 4.78 is 1.86. The van der Waals surface area contributed by atoms with E-state index in [-0.39, 0.29) is 18.2 Å². The van der Waals surface area contributed by atoms with Crippen molar-refractivity contribution in [3.05, 3.63) is 48.0 Å². The second-order valence-corrected chi connectivity index (χ2v) is 5.07. The molecule has 2 rings (SSSR count). The molecule has 7 heteroatoms. The summed E-state index contributed by atoms with van der Waals surface area (Å²) in [5.74, 6) is 0.499. The van der Waals surface area contributed by atoms with Crippen LogP contribution < -0.4 is 10.6 Å². The second kappa shape index (κ2) is 8.67. The maximum atomic E-state index is 11.8. The summed E-state index contributed by atoms with van der Waals surface area (Å²) >= 11 is 0. The highest BCUT2D eigenvalue weighted by molar-refractivity contribution is 5.80. The zero-order chi connectivity index (χ0) is 16.5. The monoisotopic (exact) mass is 315 g/mol. The number of rotatable bonds is 8. The molecule has 1 aromatic carbocycles. The van der Waals surface area contributed by atoms with Crippen molar-refractivity contribution < 1.29 is 9.59 Å². The highest BCUT2D eigenvalue weighted by atomic mass is 16.2. The lowest BCUT2D eigenvalue weighted by atomic mass is 10.1. The molecule has 0 unspecified atom stereocenters. The van der Waals surface area contributed by atoms with Gasteiger partial charge in [0.2, 0.25) is 11.8 Å². The van der Waals surface area contributed by atoms with Gasteiger partial charge in [0.15, 0.2) is 5.82 Å². The van der Waals surface area contributed by atoms with E-state index in [1.165, 1.54) is 0 Å². The Morgan fingerprint density at radius 2 is 1.91 bits per heavy atom. The maximum Gasteiger partial charge on any atom is 0.224 e. The van der Waals surface area contributed by atoms with E-state index in [0.717, 1.165) is 12.1 Å². The number of amides is 2. The maximum absolute atomic E-state index is 11.8. The average molecular weight is 315 g/mol. The minimum Gasteiger partial charge on any atom is -0.355 e. The quantitative estimate of drug-likeness (QED) is 0.749. The molecule has 0 aliphatic rings. The number of nitrogens with zero attached hydrogens (tertiary/aromatic N) is 3. The van der Waals surface area contributed by atoms with Gasteiger partial charge in [-0.2, -0.15) is 0 Å². The van der Waals surface area contributed by atoms with Crippen molar-refractivity contribution in [3.63, 3.8) is 0 Å². The van der Waals surface area contributed by atoms with Crippen LogP contribution in [0.4, 0.5) is 0 Å². The summed E-state index contributed by atoms with van der Waals surface area (Å²) in [6, 6.07) is 9.49. The van der Waals surface area contributed by atoms with Crippen LogP contribution >= 0.6 is 0 Å². The Morgan fingerprint density at radius 1 is 1.13 bits per heavy atom. The highest BCUT2D eigenvalue weighted by Gasteiger charge is 2.07. The minimum atomic E-state index is -0.129. The predicted octanol–water partition coefficient (Wildman–Crippen LogP) is 0.663. The lowest BCUT2D eigenvalue weighted by Gasteiger charge is -2.07. The van der Waals surface area contributed by atoms with Gasteiger partial charge in [0.05, 0.1) is 13.0 Å². The lowest BCUT2D eigenvalue weighted by Crippen LogP contribution is -2.31. The van der Waals surface area contributed by atoms with Crippen molar-refractivity contribution in [1.82, 2.24) is 25.4 Å². The number of carbonyl (C=O) groups is 2. The molecule has 0 aliphatic heterocycles. The van der Waals surface area contributed by atoms with Gasteiger partial charge in [-0.3, -0.25) is 9.59 Å². The van der Waals surface area contributed by atoms with Crippen molar-refractivity contribution in [2.24, 2.45) is 0 Å². The van der Waals surface area contributed by atoms with Gasteiger partial charge in [0.1, 0.15) is 6.33 Å². The van der Waals surface area contributed by atoms with E-state index < -0.39 is 0 Å². The zero-order valence-electron chi connectivity index (χ0n) is 13.2. The van der Waals surface area contributed by atoms with E-state index in [4.69, 9.17) is 0 Å². The fourth-order valence-electron chi connectivity index (χ4n) is 2.11. The van der Waals surface area contributed by atoms with Gasteiger partial charge < -0.3 is 15.2 Å². The van der Waals surface area contributed by atoms with Crippen LogP contribution in [0.5, 0.6) is 0 Å². The summed E-state index contributed by atoms with van der Waals surface area (Å²) in [5, 5.41) is 13.3. The molecule has 0 bridgehead atoms. The fraction of sp³-hybridized carbons (Fsp3) is 0.375. The number of aryl methyl sites for hydroxylation is 1. The first kappa shape index (κ1) is 16.7. The first-order valence-electron chi connectivity index (χ1n) is 7.63. The number of nitrogens with one attached hydrogen (secondary N) is 2. The molecule has 0 radical (unpaired) electrons. The molecule has 0 fully saturated rings. The van der Waals surface area contributed by atoms with Crippen LogP contribution in [0.3, 0.4) is 0 Å². The Hall–Kier alpha value is -2.70. The van der Waals surface area contributed by atoms with Crippen molar-refractivity contribution >= 4 is 11.8 Å². The molecular formula is C16H21N5O2. The SMILES string of the molecule is CCn1cnnc1CNC(=O)CCNC(=O)Cc1ccccc1. The normalized spacial score (nSPS) is 10.3. The summed E-state index contributed by atoms with van der Waals surface area (Å²) in [4.78, 5) is 23.5. The number of carbonyl (C=O) groups excluding carboxylic acids is 2. The Labute approximate surface area is 135 Å². The molecule has 2 aromatic rings. The van der Waals surface area contributed by atoms with Crippen LogP contribution in [0.2, 0.25) is 0 Å². The van der Waals surface area contributed by atoms with Crippen molar-refractivity contribution in [2.75, 3.05) is 6.54 Å². The van der Waals surface area contributed by atoms with E-state index in [9.17, 15) is 9.59 Å². The molecule has 23 heavy (non-hydrogen) atoms. The third kappa shape index (κ3) is 5.54. The molecule has 1 heterocycles. The molecule has 122 valence electrons. The third-order valence-corrected chi connectivity index (χ3v) is 3.36. The highest BCUT2D eigenvalue weighted by Crippen LogP contribution is 1.99. The van der Waals surface area contributed by atoms with Crippen LogP contribution in [0.15, 0.2) is 36.7 Å². The van der Waals surface area contributed by atoms with Crippen molar-refractivity contribution in [2.45, 2.75) is 32.9 Å². The molecule has 1 aromatic heterocycles. The van der Waals surface area contributed by atoms with Gasteiger partial charge in [0.25, 0.3) is 0 Å². The van der Waals surface area contributed by atoms with E-state index in [0.29, 0.717) is 25.3 Å². The number of hydrogen-bond donors (Lipinski definition) is 2. The van der Waals surface area contributed by atoms with Crippen LogP contribution in [-0.2, 0) is 29.1 Å². The van der Waals surface area contributed by atoms with Crippen molar-refractivity contribution in [1.29, 1.82) is 0 Å². The molecule has 0 aliphatic carbocycles. The fourth-order valence-corrected chi connectivity index (χ4v) is 2.11. The molecular weight excluding hydrogens is 294 g/mol. The second-order valence-electron chi connectivity index (χ2n) is 5.07. The van der Waals surface area contributed by atoms with Gasteiger partial charge in [-0.15, -0.1) is 10.2 Å². The Balaban J connectivity index is 1.64. The summed E-state index contributed by atoms with van der Waals surface area (Å²) in [7, 11) is 0. The Morgan fingerprint density at radius 3 is 2.65 bits per heavy atom. The largest absolute Gasteiger partial charge is 0.355 e. The first-order chi connectivity index (χ1) is 11.2. The molecule has 2 N–H and O–H groups in total. The standard InChI is InChI=1S/C16H21N5O2/c1-2-21-12-19-20-14(21)11-18-15(22)8-9-17-16(23)10-13-6-4-3-5-7-13/h3-7,12H,2,8-11H2,1H3,(H,17,23)(H,18,22). The molecule has 0 spiro atoms. The molecule has 7 nitrogen and oxygen atoms in total. The van der Waals surface area contributed by atoms with Crippen molar-refractivity contribution in [3.8, 4) is 0 Å². The topological polar surface area (TPSA) is 88.9 Å². The van der Waals surface area contributed by atoms with Gasteiger partial charge in [0, 0.05) is 19.5 Å². The van der Waals surface area contributed by atoms with E-state index in [2.05, 4.69) is 20.8 Å². The molecule has 0 atom stereocenters. The van der Waals surface area contributed by atoms with Gasteiger partial charge in [-0.1, -0.05) is 30.3 Å². The van der Waals surface area contributed by atoms with Crippen LogP contribution in [0, 0.1) is 0 Å². The van der Waals surface area contributed by atoms with Gasteiger partial charge in [-0.25, -0.2) is 0 Å². The lowest BCUT2D eigenvalue weighted by molar-refractivity contribution is -0.122. The number of hydrogen-bond acceptors (Lipinski definition) is 4. The first-order valence-corrected chi connectivity index (χ1v) is 7.63. The van der Waals surface area contributed by atoms with Gasteiger partial charge >= 0.3 is 0 Å². The van der Waals surface area contributed by atoms with E-state index >= 15 is 0 Å². The van der Waals surface area contributed by atoms with E-state index in [1.807, 2.05) is 41.8 Å². The molecule has 2 amide bonds. The smallest absolute Gasteiger partial charge is 0.224 e. The van der Waals surface area contributed by atoms with Crippen LogP contribution in [0.1, 0.15) is 24.7 Å². The summed E-state index contributed by atoms with van der Waals surface area (Å²) in [5.41, 5.74) is 0.952.